The van der Waals surface area contributed by atoms with E-state index in [4.69, 9.17) is 0 Å². The Balaban J connectivity index is 2.02. The van der Waals surface area contributed by atoms with Crippen LogP contribution in [0.3, 0.4) is 0 Å². The monoisotopic (exact) mass is 228 g/mol. The second-order valence-corrected chi connectivity index (χ2v) is 4.28. The number of rotatable bonds is 2. The molecule has 0 aromatic heterocycles. The molecule has 0 saturated carbocycles. The summed E-state index contributed by atoms with van der Waals surface area (Å²) in [5.41, 5.74) is 2.39. The standard InChI is InChI=1S/C11H14BF3N/c13-12(14,15)9-16-7-5-10-3-1-2-4-11(10)6-8-16/h1-4H,5-9H2/q-1. The molecule has 0 spiro atoms. The second kappa shape index (κ2) is 4.49. The Labute approximate surface area is 93.3 Å². The van der Waals surface area contributed by atoms with Gasteiger partial charge in [-0.25, -0.2) is 0 Å². The largest absolute Gasteiger partial charge is 0.492 e. The Kier molecular flexibility index (Phi) is 3.24. The van der Waals surface area contributed by atoms with Gasteiger partial charge in [-0.2, -0.15) is 0 Å². The van der Waals surface area contributed by atoms with E-state index < -0.39 is 13.4 Å². The highest BCUT2D eigenvalue weighted by Crippen LogP contribution is 2.18. The molecule has 5 heteroatoms. The summed E-state index contributed by atoms with van der Waals surface area (Å²) >= 11 is 0. The average Bonchev–Trinajstić information content (AvgIpc) is 2.39. The lowest BCUT2D eigenvalue weighted by atomic mass is 9.91. The summed E-state index contributed by atoms with van der Waals surface area (Å²) in [4.78, 5) is 1.51. The molecule has 0 radical (unpaired) electrons. The van der Waals surface area contributed by atoms with Gasteiger partial charge in [0.1, 0.15) is 0 Å². The molecule has 2 rings (SSSR count). The zero-order valence-corrected chi connectivity index (χ0v) is 9.00. The molecule has 0 N–H and O–H groups in total. The van der Waals surface area contributed by atoms with E-state index >= 15 is 0 Å². The van der Waals surface area contributed by atoms with Gasteiger partial charge in [-0.15, -0.1) is 0 Å². The number of nitrogens with zero attached hydrogens (tertiary/aromatic N) is 1. The Morgan fingerprint density at radius 2 is 1.50 bits per heavy atom. The Morgan fingerprint density at radius 1 is 1.00 bits per heavy atom. The predicted molar refractivity (Wildman–Crippen MR) is 59.4 cm³/mol. The van der Waals surface area contributed by atoms with E-state index in [1.165, 1.54) is 16.0 Å². The van der Waals surface area contributed by atoms with Gasteiger partial charge < -0.3 is 17.8 Å². The molecule has 1 aromatic carbocycles. The number of benzene rings is 1. The van der Waals surface area contributed by atoms with Crippen LogP contribution >= 0.6 is 0 Å². The third kappa shape index (κ3) is 3.01. The van der Waals surface area contributed by atoms with E-state index in [1.54, 1.807) is 0 Å². The molecule has 0 bridgehead atoms. The van der Waals surface area contributed by atoms with Crippen molar-refractivity contribution in [3.8, 4) is 0 Å². The Hall–Kier alpha value is -0.965. The molecule has 1 aromatic rings. The SMILES string of the molecule is F[B-](F)(F)CN1CCc2ccccc2CC1. The van der Waals surface area contributed by atoms with Gasteiger partial charge in [0.25, 0.3) is 0 Å². The molecule has 0 unspecified atom stereocenters. The Morgan fingerprint density at radius 3 is 1.94 bits per heavy atom. The van der Waals surface area contributed by atoms with Crippen LogP contribution in [0.2, 0.25) is 0 Å². The summed E-state index contributed by atoms with van der Waals surface area (Å²) in [6.07, 6.45) is 0.721. The van der Waals surface area contributed by atoms with Crippen molar-refractivity contribution in [3.05, 3.63) is 35.4 Å². The molecule has 0 amide bonds. The number of hydrogen-bond acceptors (Lipinski definition) is 1. The first-order valence-electron chi connectivity index (χ1n) is 5.55. The van der Waals surface area contributed by atoms with Gasteiger partial charge >= 0.3 is 6.98 Å². The van der Waals surface area contributed by atoms with Crippen LogP contribution in [0.15, 0.2) is 24.3 Å². The van der Waals surface area contributed by atoms with Gasteiger partial charge in [-0.1, -0.05) is 24.3 Å². The van der Waals surface area contributed by atoms with Crippen LogP contribution in [0.5, 0.6) is 0 Å². The van der Waals surface area contributed by atoms with Gasteiger partial charge in [0, 0.05) is 0 Å². The first kappa shape index (κ1) is 11.5. The van der Waals surface area contributed by atoms with Gasteiger partial charge in [-0.05, 0) is 43.5 Å². The fourth-order valence-electron chi connectivity index (χ4n) is 2.19. The van der Waals surface area contributed by atoms with Gasteiger partial charge in [0.15, 0.2) is 0 Å². The fourth-order valence-corrected chi connectivity index (χ4v) is 2.19. The van der Waals surface area contributed by atoms with Crippen molar-refractivity contribution < 1.29 is 12.9 Å². The van der Waals surface area contributed by atoms with Crippen LogP contribution in [0.4, 0.5) is 12.9 Å². The smallest absolute Gasteiger partial charge is 0.448 e. The molecule has 0 aliphatic carbocycles. The van der Waals surface area contributed by atoms with Crippen LogP contribution < -0.4 is 0 Å². The normalized spacial score (nSPS) is 17.9. The van der Waals surface area contributed by atoms with Gasteiger partial charge in [0.2, 0.25) is 0 Å². The number of halogens is 3. The first-order valence-corrected chi connectivity index (χ1v) is 5.55. The van der Waals surface area contributed by atoms with Crippen LogP contribution in [0.1, 0.15) is 11.1 Å². The maximum Gasteiger partial charge on any atom is 0.492 e. The maximum atomic E-state index is 12.3. The quantitative estimate of drug-likeness (QED) is 0.703. The second-order valence-electron chi connectivity index (χ2n) is 4.28. The molecule has 1 heterocycles. The van der Waals surface area contributed by atoms with E-state index in [-0.39, 0.29) is 0 Å². The Bertz CT molecular complexity index is 337. The molecule has 0 atom stereocenters. The maximum absolute atomic E-state index is 12.3. The molecular weight excluding hydrogens is 214 g/mol. The molecule has 1 nitrogen and oxygen atoms in total. The van der Waals surface area contributed by atoms with E-state index in [0.717, 1.165) is 12.8 Å². The minimum absolute atomic E-state index is 0.512. The van der Waals surface area contributed by atoms with Crippen LogP contribution in [0, 0.1) is 0 Å². The van der Waals surface area contributed by atoms with Crippen LogP contribution in [0.25, 0.3) is 0 Å². The summed E-state index contributed by atoms with van der Waals surface area (Å²) in [7, 11) is 0. The van der Waals surface area contributed by atoms with E-state index in [1.807, 2.05) is 24.3 Å². The van der Waals surface area contributed by atoms with Crippen molar-refractivity contribution in [1.29, 1.82) is 0 Å². The minimum atomic E-state index is -4.70. The van der Waals surface area contributed by atoms with E-state index in [9.17, 15) is 12.9 Å². The van der Waals surface area contributed by atoms with Crippen LogP contribution in [-0.4, -0.2) is 31.4 Å². The molecular formula is C11H14BF3N-. The topological polar surface area (TPSA) is 3.24 Å². The summed E-state index contributed by atoms with van der Waals surface area (Å²) in [5, 5.41) is 0. The number of fused-ring (bicyclic) bond motifs is 1. The molecule has 0 saturated heterocycles. The lowest BCUT2D eigenvalue weighted by Gasteiger charge is -2.26. The molecule has 1 aliphatic heterocycles. The zero-order chi connectivity index (χ0) is 11.6. The summed E-state index contributed by atoms with van der Waals surface area (Å²) in [6.45, 7) is -3.67. The van der Waals surface area contributed by atoms with Gasteiger partial charge in [-0.3, -0.25) is 0 Å². The highest BCUT2D eigenvalue weighted by molar-refractivity contribution is 6.58. The van der Waals surface area contributed by atoms with Crippen LogP contribution in [-0.2, 0) is 12.8 Å². The van der Waals surface area contributed by atoms with E-state index in [2.05, 4.69) is 0 Å². The summed E-state index contributed by atoms with van der Waals surface area (Å²) in [5.74, 6) is 0. The third-order valence-electron chi connectivity index (χ3n) is 2.98. The van der Waals surface area contributed by atoms with Crippen molar-refractivity contribution in [2.45, 2.75) is 12.8 Å². The lowest BCUT2D eigenvalue weighted by molar-refractivity contribution is 0.290. The summed E-state index contributed by atoms with van der Waals surface area (Å²) < 4.78 is 37.0. The number of hydrogen-bond donors (Lipinski definition) is 0. The average molecular weight is 228 g/mol. The predicted octanol–water partition coefficient (Wildman–Crippen LogP) is 2.47. The molecule has 1 aliphatic rings. The highest BCUT2D eigenvalue weighted by atomic mass is 19.4. The first-order chi connectivity index (χ1) is 7.54. The molecule has 0 fully saturated rings. The van der Waals surface area contributed by atoms with Crippen molar-refractivity contribution >= 4 is 6.98 Å². The van der Waals surface area contributed by atoms with Crippen molar-refractivity contribution in [3.63, 3.8) is 0 Å². The van der Waals surface area contributed by atoms with Gasteiger partial charge in [0.05, 0.1) is 0 Å². The molecule has 88 valence electrons. The van der Waals surface area contributed by atoms with Crippen molar-refractivity contribution in [1.82, 2.24) is 4.90 Å². The van der Waals surface area contributed by atoms with Crippen molar-refractivity contribution in [2.24, 2.45) is 0 Å². The summed E-state index contributed by atoms with van der Waals surface area (Å²) in [6, 6.07) is 7.92. The van der Waals surface area contributed by atoms with E-state index in [0.29, 0.717) is 13.1 Å². The molecule has 16 heavy (non-hydrogen) atoms. The lowest BCUT2D eigenvalue weighted by Crippen LogP contribution is -2.39. The third-order valence-corrected chi connectivity index (χ3v) is 2.98. The fraction of sp³-hybridized carbons (Fsp3) is 0.455. The highest BCUT2D eigenvalue weighted by Gasteiger charge is 2.27. The zero-order valence-electron chi connectivity index (χ0n) is 9.00. The van der Waals surface area contributed by atoms with Crippen molar-refractivity contribution in [2.75, 3.05) is 19.5 Å². The minimum Gasteiger partial charge on any atom is -0.448 e.